The van der Waals surface area contributed by atoms with Crippen molar-refractivity contribution in [1.29, 1.82) is 0 Å². The molecule has 20 heavy (non-hydrogen) atoms. The Hall–Kier alpha value is -1.10. The standard InChI is InChI=1S/C15H21BrN4/c1-2-13(11-6-4-3-5-7-11)17-15-18-14-9-8-12(16)10-20(14)19-15/h8-11,13H,2-7H2,1H3,(H,17,19). The summed E-state index contributed by atoms with van der Waals surface area (Å²) in [6.45, 7) is 2.25. The highest BCUT2D eigenvalue weighted by Gasteiger charge is 2.23. The average Bonchev–Trinajstić information content (AvgIpc) is 2.87. The number of nitrogens with one attached hydrogen (secondary N) is 1. The van der Waals surface area contributed by atoms with E-state index in [1.165, 1.54) is 32.1 Å². The zero-order chi connectivity index (χ0) is 13.9. The molecule has 1 aliphatic rings. The van der Waals surface area contributed by atoms with Gasteiger partial charge in [0.25, 0.3) is 0 Å². The van der Waals surface area contributed by atoms with Crippen LogP contribution < -0.4 is 5.32 Å². The Labute approximate surface area is 128 Å². The number of hydrogen-bond acceptors (Lipinski definition) is 3. The SMILES string of the molecule is CCC(Nc1nc2ccc(Br)cn2n1)C1CCCCC1. The lowest BCUT2D eigenvalue weighted by atomic mass is 9.83. The molecule has 0 aliphatic heterocycles. The van der Waals surface area contributed by atoms with E-state index < -0.39 is 0 Å². The summed E-state index contributed by atoms with van der Waals surface area (Å²) < 4.78 is 2.83. The van der Waals surface area contributed by atoms with E-state index in [1.807, 2.05) is 22.8 Å². The van der Waals surface area contributed by atoms with Gasteiger partial charge in [-0.3, -0.25) is 0 Å². The van der Waals surface area contributed by atoms with Crippen LogP contribution in [0.2, 0.25) is 0 Å². The van der Waals surface area contributed by atoms with E-state index >= 15 is 0 Å². The van der Waals surface area contributed by atoms with E-state index in [-0.39, 0.29) is 0 Å². The van der Waals surface area contributed by atoms with Gasteiger partial charge in [-0.05, 0) is 53.2 Å². The molecule has 1 aliphatic carbocycles. The zero-order valence-electron chi connectivity index (χ0n) is 11.8. The van der Waals surface area contributed by atoms with Crippen LogP contribution in [0.3, 0.4) is 0 Å². The Balaban J connectivity index is 1.76. The highest BCUT2D eigenvalue weighted by molar-refractivity contribution is 9.10. The fourth-order valence-electron chi connectivity index (χ4n) is 3.17. The molecule has 2 aromatic rings. The molecule has 3 rings (SSSR count). The molecule has 0 aromatic carbocycles. The molecule has 4 nitrogen and oxygen atoms in total. The number of fused-ring (bicyclic) bond motifs is 1. The Morgan fingerprint density at radius 3 is 2.90 bits per heavy atom. The van der Waals surface area contributed by atoms with Crippen molar-refractivity contribution in [2.24, 2.45) is 5.92 Å². The van der Waals surface area contributed by atoms with Crippen molar-refractivity contribution in [3.8, 4) is 0 Å². The Morgan fingerprint density at radius 2 is 2.15 bits per heavy atom. The Kier molecular flexibility index (Phi) is 4.24. The summed E-state index contributed by atoms with van der Waals surface area (Å²) in [6, 6.07) is 4.46. The van der Waals surface area contributed by atoms with E-state index in [1.54, 1.807) is 0 Å². The summed E-state index contributed by atoms with van der Waals surface area (Å²) in [7, 11) is 0. The van der Waals surface area contributed by atoms with E-state index in [2.05, 4.69) is 38.3 Å². The largest absolute Gasteiger partial charge is 0.350 e. The second-order valence-corrected chi connectivity index (χ2v) is 6.56. The molecule has 1 unspecified atom stereocenters. The van der Waals surface area contributed by atoms with Crippen LogP contribution >= 0.6 is 15.9 Å². The minimum atomic E-state index is 0.496. The van der Waals surface area contributed by atoms with Crippen LogP contribution in [0.15, 0.2) is 22.8 Å². The number of anilines is 1. The predicted molar refractivity (Wildman–Crippen MR) is 85.0 cm³/mol. The molecule has 5 heteroatoms. The first-order valence-corrected chi connectivity index (χ1v) is 8.34. The molecule has 0 saturated heterocycles. The van der Waals surface area contributed by atoms with E-state index in [0.717, 1.165) is 28.4 Å². The number of hydrogen-bond donors (Lipinski definition) is 1. The van der Waals surface area contributed by atoms with Crippen molar-refractivity contribution < 1.29 is 0 Å². The minimum Gasteiger partial charge on any atom is -0.350 e. The van der Waals surface area contributed by atoms with Gasteiger partial charge in [-0.15, -0.1) is 5.10 Å². The molecular weight excluding hydrogens is 316 g/mol. The van der Waals surface area contributed by atoms with Crippen LogP contribution in [0.5, 0.6) is 0 Å². The van der Waals surface area contributed by atoms with E-state index in [9.17, 15) is 0 Å². The topological polar surface area (TPSA) is 42.2 Å². The van der Waals surface area contributed by atoms with Gasteiger partial charge in [0.15, 0.2) is 5.65 Å². The molecule has 0 bridgehead atoms. The summed E-state index contributed by atoms with van der Waals surface area (Å²) in [5.41, 5.74) is 0.884. The van der Waals surface area contributed by atoms with Crippen LogP contribution in [0, 0.1) is 5.92 Å². The molecule has 0 spiro atoms. The maximum absolute atomic E-state index is 4.56. The summed E-state index contributed by atoms with van der Waals surface area (Å²) >= 11 is 3.46. The van der Waals surface area contributed by atoms with Gasteiger partial charge in [-0.25, -0.2) is 4.52 Å². The van der Waals surface area contributed by atoms with E-state index in [0.29, 0.717) is 6.04 Å². The maximum atomic E-state index is 4.56. The highest BCUT2D eigenvalue weighted by atomic mass is 79.9. The minimum absolute atomic E-state index is 0.496. The lowest BCUT2D eigenvalue weighted by Gasteiger charge is -2.29. The van der Waals surface area contributed by atoms with Crippen LogP contribution in [0.4, 0.5) is 5.95 Å². The molecule has 1 atom stereocenters. The molecule has 0 radical (unpaired) electrons. The molecule has 2 aromatic heterocycles. The molecule has 2 heterocycles. The number of aromatic nitrogens is 3. The van der Waals surface area contributed by atoms with Gasteiger partial charge in [-0.2, -0.15) is 4.98 Å². The number of halogens is 1. The van der Waals surface area contributed by atoms with Gasteiger partial charge >= 0.3 is 0 Å². The van der Waals surface area contributed by atoms with E-state index in [4.69, 9.17) is 0 Å². The van der Waals surface area contributed by atoms with Crippen molar-refractivity contribution in [2.45, 2.75) is 51.5 Å². The van der Waals surface area contributed by atoms with Gasteiger partial charge in [0, 0.05) is 16.7 Å². The van der Waals surface area contributed by atoms with Gasteiger partial charge < -0.3 is 5.32 Å². The number of rotatable bonds is 4. The molecule has 1 N–H and O–H groups in total. The summed E-state index contributed by atoms with van der Waals surface area (Å²) in [6.07, 6.45) is 9.88. The van der Waals surface area contributed by atoms with Crippen molar-refractivity contribution in [2.75, 3.05) is 5.32 Å². The normalized spacial score (nSPS) is 18.3. The number of nitrogens with zero attached hydrogens (tertiary/aromatic N) is 3. The number of pyridine rings is 1. The Morgan fingerprint density at radius 1 is 1.35 bits per heavy atom. The van der Waals surface area contributed by atoms with Gasteiger partial charge in [-0.1, -0.05) is 26.2 Å². The fourth-order valence-corrected chi connectivity index (χ4v) is 3.50. The molecule has 1 saturated carbocycles. The predicted octanol–water partition coefficient (Wildman–Crippen LogP) is 4.26. The molecule has 0 amide bonds. The molecular formula is C15H21BrN4. The highest BCUT2D eigenvalue weighted by Crippen LogP contribution is 2.29. The zero-order valence-corrected chi connectivity index (χ0v) is 13.4. The summed E-state index contributed by atoms with van der Waals surface area (Å²) in [5.74, 6) is 1.52. The van der Waals surface area contributed by atoms with Gasteiger partial charge in [0.2, 0.25) is 5.95 Å². The van der Waals surface area contributed by atoms with Crippen LogP contribution in [-0.4, -0.2) is 20.6 Å². The van der Waals surface area contributed by atoms with Gasteiger partial charge in [0.05, 0.1) is 0 Å². The summed E-state index contributed by atoms with van der Waals surface area (Å²) in [5, 5.41) is 8.07. The molecule has 1 fully saturated rings. The summed E-state index contributed by atoms with van der Waals surface area (Å²) in [4.78, 5) is 4.56. The molecule has 108 valence electrons. The third-order valence-electron chi connectivity index (χ3n) is 4.27. The lowest BCUT2D eigenvalue weighted by molar-refractivity contribution is 0.312. The maximum Gasteiger partial charge on any atom is 0.243 e. The first kappa shape index (κ1) is 13.9. The van der Waals surface area contributed by atoms with Crippen LogP contribution in [-0.2, 0) is 0 Å². The third-order valence-corrected chi connectivity index (χ3v) is 4.74. The second-order valence-electron chi connectivity index (χ2n) is 5.64. The lowest BCUT2D eigenvalue weighted by Crippen LogP contribution is -2.30. The van der Waals surface area contributed by atoms with Crippen LogP contribution in [0.1, 0.15) is 45.4 Å². The van der Waals surface area contributed by atoms with Crippen molar-refractivity contribution >= 4 is 27.5 Å². The van der Waals surface area contributed by atoms with Crippen LogP contribution in [0.25, 0.3) is 5.65 Å². The fraction of sp³-hybridized carbons (Fsp3) is 0.600. The first-order chi connectivity index (χ1) is 9.76. The first-order valence-electron chi connectivity index (χ1n) is 7.54. The van der Waals surface area contributed by atoms with Crippen molar-refractivity contribution in [3.05, 3.63) is 22.8 Å². The van der Waals surface area contributed by atoms with Gasteiger partial charge in [0.1, 0.15) is 0 Å². The second kappa shape index (κ2) is 6.12. The quantitative estimate of drug-likeness (QED) is 0.906. The smallest absolute Gasteiger partial charge is 0.243 e. The average molecular weight is 337 g/mol. The monoisotopic (exact) mass is 336 g/mol. The third kappa shape index (κ3) is 2.97. The van der Waals surface area contributed by atoms with Crippen molar-refractivity contribution in [1.82, 2.24) is 14.6 Å². The Bertz CT molecular complexity index is 574. The van der Waals surface area contributed by atoms with Crippen molar-refractivity contribution in [3.63, 3.8) is 0 Å².